The molecule has 2 aromatic rings. The number of hydrogen-bond donors (Lipinski definition) is 2. The molecule has 0 spiro atoms. The van der Waals surface area contributed by atoms with Gasteiger partial charge in [0.15, 0.2) is 0 Å². The third kappa shape index (κ3) is 3.54. The number of amides is 1. The van der Waals surface area contributed by atoms with Crippen LogP contribution in [0, 0.1) is 6.92 Å². The second-order valence-electron chi connectivity index (χ2n) is 4.13. The van der Waals surface area contributed by atoms with Gasteiger partial charge in [-0.25, -0.2) is 0 Å². The first-order valence-corrected chi connectivity index (χ1v) is 6.04. The van der Waals surface area contributed by atoms with E-state index in [2.05, 4.69) is 20.8 Å². The van der Waals surface area contributed by atoms with Crippen molar-refractivity contribution in [3.63, 3.8) is 0 Å². The van der Waals surface area contributed by atoms with Crippen LogP contribution < -0.4 is 10.6 Å². The van der Waals surface area contributed by atoms with Gasteiger partial charge in [0.05, 0.1) is 0 Å². The zero-order valence-electron chi connectivity index (χ0n) is 10.9. The molecule has 0 unspecified atom stereocenters. The number of aromatic nitrogens is 2. The number of aryl methyl sites for hydroxylation is 1. The lowest BCUT2D eigenvalue weighted by atomic mass is 10.2. The molecule has 6 heteroatoms. The van der Waals surface area contributed by atoms with Crippen LogP contribution in [0.4, 0.5) is 5.69 Å². The van der Waals surface area contributed by atoms with E-state index in [1.807, 2.05) is 31.2 Å². The predicted octanol–water partition coefficient (Wildman–Crippen LogP) is 1.39. The Morgan fingerprint density at radius 3 is 2.74 bits per heavy atom. The number of nitrogens with zero attached hydrogens (tertiary/aromatic N) is 2. The van der Waals surface area contributed by atoms with Crippen molar-refractivity contribution in [1.82, 2.24) is 15.5 Å². The molecular formula is C13H16N4O2. The molecule has 2 rings (SSSR count). The highest BCUT2D eigenvalue weighted by molar-refractivity contribution is 5.89. The Morgan fingerprint density at radius 1 is 1.32 bits per heavy atom. The van der Waals surface area contributed by atoms with Crippen molar-refractivity contribution in [2.24, 2.45) is 0 Å². The molecule has 0 bridgehead atoms. The van der Waals surface area contributed by atoms with E-state index in [1.165, 1.54) is 12.6 Å². The highest BCUT2D eigenvalue weighted by Gasteiger charge is 2.12. The number of benzene rings is 1. The molecule has 0 fully saturated rings. The van der Waals surface area contributed by atoms with Gasteiger partial charge in [-0.2, -0.15) is 4.98 Å². The molecule has 0 atom stereocenters. The third-order valence-corrected chi connectivity index (χ3v) is 2.62. The summed E-state index contributed by atoms with van der Waals surface area (Å²) in [5.74, 6) is 0.160. The number of carbonyl (C=O) groups is 1. The molecule has 0 radical (unpaired) electrons. The summed E-state index contributed by atoms with van der Waals surface area (Å²) in [6.45, 7) is 2.71. The summed E-state index contributed by atoms with van der Waals surface area (Å²) >= 11 is 0. The van der Waals surface area contributed by atoms with Crippen LogP contribution >= 0.6 is 0 Å². The van der Waals surface area contributed by atoms with Crippen molar-refractivity contribution >= 4 is 11.6 Å². The van der Waals surface area contributed by atoms with Crippen LogP contribution in [0.2, 0.25) is 0 Å². The summed E-state index contributed by atoms with van der Waals surface area (Å²) in [5.41, 5.74) is 2.26. The summed E-state index contributed by atoms with van der Waals surface area (Å²) < 4.78 is 4.98. The molecule has 6 nitrogen and oxygen atoms in total. The van der Waals surface area contributed by atoms with E-state index >= 15 is 0 Å². The summed E-state index contributed by atoms with van der Waals surface area (Å²) in [4.78, 5) is 15.2. The summed E-state index contributed by atoms with van der Waals surface area (Å²) in [5, 5.41) is 9.28. The number of nitrogens with one attached hydrogen (secondary N) is 2. The number of carbonyl (C=O) groups excluding carboxylic acids is 1. The normalized spacial score (nSPS) is 10.2. The van der Waals surface area contributed by atoms with Gasteiger partial charge >= 0.3 is 0 Å². The van der Waals surface area contributed by atoms with E-state index in [0.29, 0.717) is 18.9 Å². The lowest BCUT2D eigenvalue weighted by Crippen LogP contribution is -2.19. The highest BCUT2D eigenvalue weighted by atomic mass is 16.5. The molecule has 1 aromatic heterocycles. The lowest BCUT2D eigenvalue weighted by Gasteiger charge is -2.04. The number of hydrogen-bond acceptors (Lipinski definition) is 5. The maximum Gasteiger partial charge on any atom is 0.292 e. The van der Waals surface area contributed by atoms with E-state index in [-0.39, 0.29) is 11.7 Å². The maximum absolute atomic E-state index is 11.2. The molecule has 1 aromatic carbocycles. The first kappa shape index (κ1) is 13.1. The molecule has 19 heavy (non-hydrogen) atoms. The van der Waals surface area contributed by atoms with Gasteiger partial charge in [0.25, 0.3) is 11.7 Å². The van der Waals surface area contributed by atoms with Gasteiger partial charge in [-0.05, 0) is 19.1 Å². The van der Waals surface area contributed by atoms with Crippen LogP contribution in [0.1, 0.15) is 22.1 Å². The van der Waals surface area contributed by atoms with Gasteiger partial charge < -0.3 is 15.2 Å². The highest BCUT2D eigenvalue weighted by Crippen LogP contribution is 2.08. The van der Waals surface area contributed by atoms with Crippen LogP contribution in [0.5, 0.6) is 0 Å². The Morgan fingerprint density at radius 2 is 2.05 bits per heavy atom. The van der Waals surface area contributed by atoms with Crippen molar-refractivity contribution in [1.29, 1.82) is 0 Å². The van der Waals surface area contributed by atoms with E-state index in [1.54, 1.807) is 0 Å². The molecule has 1 amide bonds. The molecule has 0 aliphatic carbocycles. The van der Waals surface area contributed by atoms with Crippen molar-refractivity contribution in [2.75, 3.05) is 18.9 Å². The molecular weight excluding hydrogens is 244 g/mol. The van der Waals surface area contributed by atoms with Crippen LogP contribution in [0.25, 0.3) is 0 Å². The van der Waals surface area contributed by atoms with Gasteiger partial charge in [0.1, 0.15) is 0 Å². The summed E-state index contributed by atoms with van der Waals surface area (Å²) in [6, 6.07) is 8.11. The molecule has 0 saturated heterocycles. The second-order valence-corrected chi connectivity index (χ2v) is 4.13. The Hall–Kier alpha value is -2.37. The van der Waals surface area contributed by atoms with E-state index in [4.69, 9.17) is 4.52 Å². The molecule has 2 N–H and O–H groups in total. The Kier molecular flexibility index (Phi) is 4.12. The first-order chi connectivity index (χ1) is 9.19. The average Bonchev–Trinajstić information content (AvgIpc) is 2.89. The summed E-state index contributed by atoms with van der Waals surface area (Å²) in [7, 11) is 1.53. The van der Waals surface area contributed by atoms with Gasteiger partial charge in [-0.1, -0.05) is 22.9 Å². The Bertz CT molecular complexity index is 548. The van der Waals surface area contributed by atoms with Crippen LogP contribution in [-0.4, -0.2) is 29.6 Å². The first-order valence-electron chi connectivity index (χ1n) is 6.04. The summed E-state index contributed by atoms with van der Waals surface area (Å²) in [6.07, 6.45) is 0.567. The van der Waals surface area contributed by atoms with Crippen molar-refractivity contribution in [3.8, 4) is 0 Å². The lowest BCUT2D eigenvalue weighted by molar-refractivity contribution is 0.0950. The largest absolute Gasteiger partial charge is 0.385 e. The van der Waals surface area contributed by atoms with E-state index < -0.39 is 0 Å². The average molecular weight is 260 g/mol. The van der Waals surface area contributed by atoms with Crippen LogP contribution in [-0.2, 0) is 6.42 Å². The Balaban J connectivity index is 1.84. The monoisotopic (exact) mass is 260 g/mol. The standard InChI is InChI=1S/C13H16N4O2/c1-9-3-5-10(6-4-9)15-8-7-11-16-12(17-19-11)13(18)14-2/h3-6,15H,7-8H2,1-2H3,(H,14,18). The minimum atomic E-state index is -0.346. The zero-order chi connectivity index (χ0) is 13.7. The van der Waals surface area contributed by atoms with Gasteiger partial charge in [-0.15, -0.1) is 0 Å². The van der Waals surface area contributed by atoms with Gasteiger partial charge in [0.2, 0.25) is 5.89 Å². The van der Waals surface area contributed by atoms with Crippen molar-refractivity contribution < 1.29 is 9.32 Å². The smallest absolute Gasteiger partial charge is 0.292 e. The third-order valence-electron chi connectivity index (χ3n) is 2.62. The molecule has 0 aliphatic rings. The van der Waals surface area contributed by atoms with Gasteiger partial charge in [0, 0.05) is 25.7 Å². The fourth-order valence-electron chi connectivity index (χ4n) is 1.55. The minimum absolute atomic E-state index is 0.0628. The van der Waals surface area contributed by atoms with E-state index in [9.17, 15) is 4.79 Å². The van der Waals surface area contributed by atoms with Crippen LogP contribution in [0.3, 0.4) is 0 Å². The van der Waals surface area contributed by atoms with E-state index in [0.717, 1.165) is 5.69 Å². The minimum Gasteiger partial charge on any atom is -0.385 e. The zero-order valence-corrected chi connectivity index (χ0v) is 10.9. The SMILES string of the molecule is CNC(=O)c1noc(CCNc2ccc(C)cc2)n1. The fourth-order valence-corrected chi connectivity index (χ4v) is 1.55. The fraction of sp³-hybridized carbons (Fsp3) is 0.308. The topological polar surface area (TPSA) is 80.0 Å². The molecule has 0 aliphatic heterocycles. The maximum atomic E-state index is 11.2. The second kappa shape index (κ2) is 5.99. The number of rotatable bonds is 5. The van der Waals surface area contributed by atoms with Gasteiger partial charge in [-0.3, -0.25) is 4.79 Å². The molecule has 100 valence electrons. The van der Waals surface area contributed by atoms with Crippen molar-refractivity contribution in [3.05, 3.63) is 41.5 Å². The Labute approximate surface area is 111 Å². The quantitative estimate of drug-likeness (QED) is 0.849. The predicted molar refractivity (Wildman–Crippen MR) is 71.1 cm³/mol. The molecule has 0 saturated carbocycles. The number of anilines is 1. The van der Waals surface area contributed by atoms with Crippen molar-refractivity contribution in [2.45, 2.75) is 13.3 Å². The van der Waals surface area contributed by atoms with Crippen LogP contribution in [0.15, 0.2) is 28.8 Å². The molecule has 1 heterocycles.